The molecule has 0 heterocycles. The maximum Gasteiger partial charge on any atom is 0.408 e. The molecule has 0 spiro atoms. The van der Waals surface area contributed by atoms with E-state index in [0.29, 0.717) is 18.5 Å². The largest absolute Gasteiger partial charge is 0.444 e. The summed E-state index contributed by atoms with van der Waals surface area (Å²) in [6, 6.07) is 5.33. The first-order valence-corrected chi connectivity index (χ1v) is 11.7. The molecular weight excluding hydrogens is 422 g/mol. The van der Waals surface area contributed by atoms with Crippen LogP contribution in [0.25, 0.3) is 0 Å². The van der Waals surface area contributed by atoms with E-state index < -0.39 is 36.3 Å². The molecule has 2 atom stereocenters. The quantitative estimate of drug-likeness (QED) is 0.467. The van der Waals surface area contributed by atoms with Crippen molar-refractivity contribution in [2.45, 2.75) is 91.5 Å². The number of carbonyl (C=O) groups is 3. The lowest BCUT2D eigenvalue weighted by Gasteiger charge is -2.34. The zero-order valence-corrected chi connectivity index (χ0v) is 21.1. The number of hydrogen-bond donors (Lipinski definition) is 3. The smallest absolute Gasteiger partial charge is 0.408 e. The highest BCUT2D eigenvalue weighted by atomic mass is 16.6. The van der Waals surface area contributed by atoms with Crippen molar-refractivity contribution in [1.82, 2.24) is 15.5 Å². The first-order valence-electron chi connectivity index (χ1n) is 11.7. The van der Waals surface area contributed by atoms with Crippen LogP contribution in [-0.2, 0) is 20.7 Å². The molecule has 186 valence electrons. The van der Waals surface area contributed by atoms with Crippen molar-refractivity contribution < 1.29 is 24.2 Å². The van der Waals surface area contributed by atoms with E-state index in [1.54, 1.807) is 20.8 Å². The molecule has 33 heavy (non-hydrogen) atoms. The van der Waals surface area contributed by atoms with Crippen LogP contribution in [0.2, 0.25) is 0 Å². The molecule has 0 fully saturated rings. The maximum absolute atomic E-state index is 13.5. The fourth-order valence-electron chi connectivity index (χ4n) is 3.30. The van der Waals surface area contributed by atoms with Gasteiger partial charge in [-0.2, -0.15) is 0 Å². The van der Waals surface area contributed by atoms with Crippen LogP contribution in [0.5, 0.6) is 0 Å². The maximum atomic E-state index is 13.5. The van der Waals surface area contributed by atoms with Gasteiger partial charge in [-0.15, -0.1) is 0 Å². The molecule has 0 aliphatic rings. The minimum atomic E-state index is -1.24. The average Bonchev–Trinajstić information content (AvgIpc) is 2.72. The molecule has 0 saturated heterocycles. The highest BCUT2D eigenvalue weighted by molar-refractivity contribution is 5.92. The van der Waals surface area contributed by atoms with Crippen molar-refractivity contribution in [2.24, 2.45) is 0 Å². The van der Waals surface area contributed by atoms with Gasteiger partial charge in [-0.05, 0) is 58.6 Å². The lowest BCUT2D eigenvalue weighted by molar-refractivity contribution is -0.143. The molecule has 1 rings (SSSR count). The van der Waals surface area contributed by atoms with E-state index in [2.05, 4.69) is 10.6 Å². The average molecular weight is 464 g/mol. The SMILES string of the molecule is CCCCN(C(=O)C(CO)NC(=O)OC(C)(C)C)C(C(=O)NC(C)C)c1ccc(CC)cc1. The topological polar surface area (TPSA) is 108 Å². The zero-order chi connectivity index (χ0) is 25.2. The van der Waals surface area contributed by atoms with Gasteiger partial charge >= 0.3 is 6.09 Å². The van der Waals surface area contributed by atoms with Crippen LogP contribution >= 0.6 is 0 Å². The Morgan fingerprint density at radius 2 is 1.67 bits per heavy atom. The second-order valence-electron chi connectivity index (χ2n) is 9.43. The molecule has 2 unspecified atom stereocenters. The van der Waals surface area contributed by atoms with Gasteiger partial charge in [-0.3, -0.25) is 9.59 Å². The third-order valence-electron chi connectivity index (χ3n) is 4.90. The molecule has 8 heteroatoms. The van der Waals surface area contributed by atoms with Crippen molar-refractivity contribution in [1.29, 1.82) is 0 Å². The molecule has 0 aromatic heterocycles. The number of aliphatic hydroxyl groups is 1. The first-order chi connectivity index (χ1) is 15.4. The van der Waals surface area contributed by atoms with E-state index in [4.69, 9.17) is 4.74 Å². The Bertz CT molecular complexity index is 771. The van der Waals surface area contributed by atoms with Crippen LogP contribution in [0, 0.1) is 0 Å². The summed E-state index contributed by atoms with van der Waals surface area (Å²) < 4.78 is 5.24. The van der Waals surface area contributed by atoms with Crippen LogP contribution in [0.4, 0.5) is 4.79 Å². The number of aliphatic hydroxyl groups excluding tert-OH is 1. The fraction of sp³-hybridized carbons (Fsp3) is 0.640. The third kappa shape index (κ3) is 9.42. The number of nitrogens with one attached hydrogen (secondary N) is 2. The van der Waals surface area contributed by atoms with Crippen molar-refractivity contribution in [2.75, 3.05) is 13.2 Å². The lowest BCUT2D eigenvalue weighted by Crippen LogP contribution is -2.55. The van der Waals surface area contributed by atoms with Crippen LogP contribution in [0.1, 0.15) is 78.5 Å². The number of hydrogen-bond acceptors (Lipinski definition) is 5. The van der Waals surface area contributed by atoms with Gasteiger partial charge in [0.2, 0.25) is 11.8 Å². The van der Waals surface area contributed by atoms with Crippen molar-refractivity contribution in [3.8, 4) is 0 Å². The van der Waals surface area contributed by atoms with Gasteiger partial charge in [-0.25, -0.2) is 4.79 Å². The van der Waals surface area contributed by atoms with E-state index >= 15 is 0 Å². The van der Waals surface area contributed by atoms with Crippen LogP contribution < -0.4 is 10.6 Å². The summed E-state index contributed by atoms with van der Waals surface area (Å²) in [5.41, 5.74) is 1.03. The summed E-state index contributed by atoms with van der Waals surface area (Å²) >= 11 is 0. The predicted octanol–water partition coefficient (Wildman–Crippen LogP) is 3.33. The minimum Gasteiger partial charge on any atom is -0.444 e. The van der Waals surface area contributed by atoms with E-state index in [1.165, 1.54) is 4.90 Å². The molecule has 0 aliphatic heterocycles. The molecule has 1 aromatic rings. The highest BCUT2D eigenvalue weighted by Gasteiger charge is 2.36. The Balaban J connectivity index is 3.34. The second-order valence-corrected chi connectivity index (χ2v) is 9.43. The summed E-state index contributed by atoms with van der Waals surface area (Å²) in [6.45, 7) is 12.6. The molecule has 3 N–H and O–H groups in total. The van der Waals surface area contributed by atoms with Gasteiger partial charge in [0, 0.05) is 12.6 Å². The number of alkyl carbamates (subject to hydrolysis) is 1. The predicted molar refractivity (Wildman–Crippen MR) is 129 cm³/mol. The molecule has 3 amide bonds. The van der Waals surface area contributed by atoms with Gasteiger partial charge in [0.25, 0.3) is 0 Å². The zero-order valence-electron chi connectivity index (χ0n) is 21.1. The highest BCUT2D eigenvalue weighted by Crippen LogP contribution is 2.24. The third-order valence-corrected chi connectivity index (χ3v) is 4.90. The Labute approximate surface area is 198 Å². The van der Waals surface area contributed by atoms with Gasteiger partial charge in [0.1, 0.15) is 17.7 Å². The summed E-state index contributed by atoms with van der Waals surface area (Å²) in [5.74, 6) is -0.854. The Hall–Kier alpha value is -2.61. The molecule has 1 aromatic carbocycles. The molecular formula is C25H41N3O5. The van der Waals surface area contributed by atoms with Crippen molar-refractivity contribution >= 4 is 17.9 Å². The first kappa shape index (κ1) is 28.4. The lowest BCUT2D eigenvalue weighted by atomic mass is 10.00. The summed E-state index contributed by atoms with van der Waals surface area (Å²) in [7, 11) is 0. The second kappa shape index (κ2) is 13.2. The minimum absolute atomic E-state index is 0.119. The Morgan fingerprint density at radius 3 is 2.12 bits per heavy atom. The van der Waals surface area contributed by atoms with Crippen LogP contribution in [-0.4, -0.2) is 58.8 Å². The van der Waals surface area contributed by atoms with Crippen LogP contribution in [0.3, 0.4) is 0 Å². The number of unbranched alkanes of at least 4 members (excludes halogenated alkanes) is 1. The number of rotatable bonds is 11. The molecule has 0 saturated carbocycles. The van der Waals surface area contributed by atoms with Crippen molar-refractivity contribution in [3.63, 3.8) is 0 Å². The van der Waals surface area contributed by atoms with Gasteiger partial charge in [0.15, 0.2) is 0 Å². The van der Waals surface area contributed by atoms with Gasteiger partial charge in [0.05, 0.1) is 6.61 Å². The van der Waals surface area contributed by atoms with Gasteiger partial charge < -0.3 is 25.4 Å². The number of nitrogens with zero attached hydrogens (tertiary/aromatic N) is 1. The fourth-order valence-corrected chi connectivity index (χ4v) is 3.30. The molecule has 8 nitrogen and oxygen atoms in total. The summed E-state index contributed by atoms with van der Waals surface area (Å²) in [5, 5.41) is 15.3. The van der Waals surface area contributed by atoms with E-state index in [9.17, 15) is 19.5 Å². The Kier molecular flexibility index (Phi) is 11.4. The standard InChI is InChI=1S/C25H41N3O5/c1-8-10-15-28(23(31)20(16-29)27-24(32)33-25(5,6)7)21(22(30)26-17(3)4)19-13-11-18(9-2)12-14-19/h11-14,17,20-21,29H,8-10,15-16H2,1-7H3,(H,26,30)(H,27,32). The Morgan fingerprint density at radius 1 is 1.06 bits per heavy atom. The van der Waals surface area contributed by atoms with Gasteiger partial charge in [-0.1, -0.05) is 44.5 Å². The van der Waals surface area contributed by atoms with E-state index in [0.717, 1.165) is 18.4 Å². The number of ether oxygens (including phenoxy) is 1. The monoisotopic (exact) mass is 463 g/mol. The summed E-state index contributed by atoms with van der Waals surface area (Å²) in [6.07, 6.45) is 1.52. The van der Waals surface area contributed by atoms with E-state index in [-0.39, 0.29) is 11.9 Å². The molecule has 0 bridgehead atoms. The van der Waals surface area contributed by atoms with Crippen molar-refractivity contribution in [3.05, 3.63) is 35.4 Å². The van der Waals surface area contributed by atoms with E-state index in [1.807, 2.05) is 52.0 Å². The normalized spacial score (nSPS) is 13.2. The summed E-state index contributed by atoms with van der Waals surface area (Å²) in [4.78, 5) is 40.5. The molecule has 0 aliphatic carbocycles. The number of aryl methyl sites for hydroxylation is 1. The molecule has 0 radical (unpaired) electrons. The number of amides is 3. The number of benzene rings is 1. The van der Waals surface area contributed by atoms with Crippen LogP contribution in [0.15, 0.2) is 24.3 Å². The number of carbonyl (C=O) groups excluding carboxylic acids is 3.